The second kappa shape index (κ2) is 6.42. The lowest BCUT2D eigenvalue weighted by Gasteiger charge is -2.34. The normalized spacial score (nSPS) is 13.6. The molecule has 1 aromatic carbocycles. The number of rotatable bonds is 6. The smallest absolute Gasteiger partial charge is 0.134 e. The molecule has 0 aliphatic heterocycles. The number of nitrogens with two attached hydrogens (primary N) is 1. The van der Waals surface area contributed by atoms with Gasteiger partial charge in [0.15, 0.2) is 0 Å². The van der Waals surface area contributed by atoms with Gasteiger partial charge >= 0.3 is 0 Å². The molecule has 0 saturated carbocycles. The van der Waals surface area contributed by atoms with E-state index in [9.17, 15) is 0 Å². The largest absolute Gasteiger partial charge is 0.461 e. The Morgan fingerprint density at radius 3 is 2.55 bits per heavy atom. The average Bonchev–Trinajstić information content (AvgIpc) is 2.75. The minimum Gasteiger partial charge on any atom is -0.461 e. The Hall–Kier alpha value is -1.32. The Morgan fingerprint density at radius 2 is 1.95 bits per heavy atom. The average molecular weight is 274 g/mol. The van der Waals surface area contributed by atoms with E-state index in [-0.39, 0.29) is 6.04 Å². The molecule has 110 valence electrons. The van der Waals surface area contributed by atoms with E-state index in [4.69, 9.17) is 10.2 Å². The Balaban J connectivity index is 2.50. The highest BCUT2D eigenvalue weighted by molar-refractivity contribution is 5.82. The fourth-order valence-electron chi connectivity index (χ4n) is 3.05. The van der Waals surface area contributed by atoms with Crippen LogP contribution in [-0.2, 0) is 0 Å². The highest BCUT2D eigenvalue weighted by Crippen LogP contribution is 2.34. The van der Waals surface area contributed by atoms with Gasteiger partial charge in [0, 0.05) is 23.5 Å². The molecule has 1 unspecified atom stereocenters. The van der Waals surface area contributed by atoms with Gasteiger partial charge in [0.2, 0.25) is 0 Å². The van der Waals surface area contributed by atoms with E-state index in [1.165, 1.54) is 10.9 Å². The van der Waals surface area contributed by atoms with Gasteiger partial charge in [-0.2, -0.15) is 0 Å². The maximum Gasteiger partial charge on any atom is 0.134 e. The van der Waals surface area contributed by atoms with E-state index in [1.807, 2.05) is 19.1 Å². The van der Waals surface area contributed by atoms with Crippen LogP contribution in [0.25, 0.3) is 11.0 Å². The number of hydrogen-bond donors (Lipinski definition) is 1. The molecule has 0 bridgehead atoms. The van der Waals surface area contributed by atoms with E-state index in [1.54, 1.807) is 0 Å². The van der Waals surface area contributed by atoms with Crippen molar-refractivity contribution in [2.24, 2.45) is 5.73 Å². The Labute approximate surface area is 121 Å². The molecule has 3 heteroatoms. The summed E-state index contributed by atoms with van der Waals surface area (Å²) in [6.45, 7) is 10.4. The molecule has 3 nitrogen and oxygen atoms in total. The summed E-state index contributed by atoms with van der Waals surface area (Å²) in [6.07, 6.45) is 1.13. The Kier molecular flexibility index (Phi) is 4.84. The van der Waals surface area contributed by atoms with Crippen LogP contribution in [0.1, 0.15) is 44.6 Å². The summed E-state index contributed by atoms with van der Waals surface area (Å²) in [5.41, 5.74) is 8.32. The van der Waals surface area contributed by atoms with E-state index >= 15 is 0 Å². The van der Waals surface area contributed by atoms with Gasteiger partial charge in [-0.05, 0) is 39.8 Å². The first kappa shape index (κ1) is 15.1. The van der Waals surface area contributed by atoms with E-state index in [0.717, 1.165) is 24.3 Å². The number of fused-ring (bicyclic) bond motifs is 1. The van der Waals surface area contributed by atoms with Crippen LogP contribution in [0.2, 0.25) is 0 Å². The number of furan rings is 1. The molecule has 0 fully saturated rings. The molecule has 2 rings (SSSR count). The van der Waals surface area contributed by atoms with Crippen LogP contribution in [0.15, 0.2) is 28.7 Å². The lowest BCUT2D eigenvalue weighted by Crippen LogP contribution is -2.39. The molecule has 0 aliphatic rings. The molecule has 0 radical (unpaired) electrons. The third-order valence-corrected chi connectivity index (χ3v) is 3.92. The lowest BCUT2D eigenvalue weighted by molar-refractivity contribution is 0.157. The van der Waals surface area contributed by atoms with E-state index < -0.39 is 0 Å². The van der Waals surface area contributed by atoms with Gasteiger partial charge in [0.25, 0.3) is 0 Å². The van der Waals surface area contributed by atoms with Gasteiger partial charge < -0.3 is 10.2 Å². The summed E-state index contributed by atoms with van der Waals surface area (Å²) in [5.74, 6) is 0.989. The van der Waals surface area contributed by atoms with Crippen molar-refractivity contribution in [3.63, 3.8) is 0 Å². The van der Waals surface area contributed by atoms with Gasteiger partial charge in [-0.15, -0.1) is 0 Å². The predicted molar refractivity (Wildman–Crippen MR) is 84.9 cm³/mol. The number of aryl methyl sites for hydroxylation is 1. The predicted octanol–water partition coefficient (Wildman–Crippen LogP) is 3.86. The maximum absolute atomic E-state index is 6.11. The molecule has 20 heavy (non-hydrogen) atoms. The SMILES string of the molecule is CCCN(C(C)C)C(CN)c1c(C)oc2ccccc12. The minimum absolute atomic E-state index is 0.221. The Bertz CT molecular complexity index is 559. The number of para-hydroxylation sites is 1. The number of nitrogens with zero attached hydrogens (tertiary/aromatic N) is 1. The van der Waals surface area contributed by atoms with Crippen molar-refractivity contribution in [3.8, 4) is 0 Å². The summed E-state index contributed by atoms with van der Waals surface area (Å²) in [7, 11) is 0. The molecule has 0 spiro atoms. The first-order valence-electron chi connectivity index (χ1n) is 7.54. The molecule has 2 aromatic rings. The van der Waals surface area contributed by atoms with Gasteiger partial charge in [0.1, 0.15) is 11.3 Å². The van der Waals surface area contributed by atoms with Crippen LogP contribution >= 0.6 is 0 Å². The third kappa shape index (κ3) is 2.74. The summed E-state index contributed by atoms with van der Waals surface area (Å²) in [6, 6.07) is 8.93. The first-order chi connectivity index (χ1) is 9.60. The molecule has 1 atom stereocenters. The zero-order valence-electron chi connectivity index (χ0n) is 13.0. The molecular weight excluding hydrogens is 248 g/mol. The van der Waals surface area contributed by atoms with Crippen molar-refractivity contribution >= 4 is 11.0 Å². The van der Waals surface area contributed by atoms with E-state index in [2.05, 4.69) is 37.8 Å². The first-order valence-corrected chi connectivity index (χ1v) is 7.54. The summed E-state index contributed by atoms with van der Waals surface area (Å²) >= 11 is 0. The molecular formula is C17H26N2O. The molecule has 2 N–H and O–H groups in total. The van der Waals surface area contributed by atoms with Crippen molar-refractivity contribution in [2.45, 2.75) is 46.2 Å². The van der Waals surface area contributed by atoms with Crippen LogP contribution in [0.4, 0.5) is 0 Å². The molecule has 0 amide bonds. The summed E-state index contributed by atoms with van der Waals surface area (Å²) < 4.78 is 5.91. The zero-order valence-corrected chi connectivity index (χ0v) is 13.0. The fraction of sp³-hybridized carbons (Fsp3) is 0.529. The molecule has 1 aromatic heterocycles. The molecule has 1 heterocycles. The Morgan fingerprint density at radius 1 is 1.25 bits per heavy atom. The monoisotopic (exact) mass is 274 g/mol. The molecule has 0 saturated heterocycles. The van der Waals surface area contributed by atoms with Gasteiger partial charge in [-0.25, -0.2) is 0 Å². The zero-order chi connectivity index (χ0) is 14.7. The van der Waals surface area contributed by atoms with Gasteiger partial charge in [-0.3, -0.25) is 4.90 Å². The quantitative estimate of drug-likeness (QED) is 0.869. The molecule has 0 aliphatic carbocycles. The van der Waals surface area contributed by atoms with Gasteiger partial charge in [0.05, 0.1) is 6.04 Å². The van der Waals surface area contributed by atoms with Crippen molar-refractivity contribution in [2.75, 3.05) is 13.1 Å². The third-order valence-electron chi connectivity index (χ3n) is 3.92. The second-order valence-corrected chi connectivity index (χ2v) is 5.65. The number of hydrogen-bond acceptors (Lipinski definition) is 3. The van der Waals surface area contributed by atoms with Crippen LogP contribution < -0.4 is 5.73 Å². The number of benzene rings is 1. The lowest BCUT2D eigenvalue weighted by atomic mass is 10.00. The minimum atomic E-state index is 0.221. The fourth-order valence-corrected chi connectivity index (χ4v) is 3.05. The van der Waals surface area contributed by atoms with Crippen molar-refractivity contribution < 1.29 is 4.42 Å². The van der Waals surface area contributed by atoms with E-state index in [0.29, 0.717) is 12.6 Å². The maximum atomic E-state index is 6.11. The van der Waals surface area contributed by atoms with Crippen molar-refractivity contribution in [3.05, 3.63) is 35.6 Å². The van der Waals surface area contributed by atoms with Crippen LogP contribution in [0, 0.1) is 6.92 Å². The topological polar surface area (TPSA) is 42.4 Å². The van der Waals surface area contributed by atoms with Crippen LogP contribution in [-0.4, -0.2) is 24.0 Å². The van der Waals surface area contributed by atoms with Crippen LogP contribution in [0.3, 0.4) is 0 Å². The highest BCUT2D eigenvalue weighted by Gasteiger charge is 2.26. The highest BCUT2D eigenvalue weighted by atomic mass is 16.3. The summed E-state index contributed by atoms with van der Waals surface area (Å²) in [5, 5.41) is 1.20. The standard InChI is InChI=1S/C17H26N2O/c1-5-10-19(12(2)3)15(11-18)17-13(4)20-16-9-7-6-8-14(16)17/h6-9,12,15H,5,10-11,18H2,1-4H3. The van der Waals surface area contributed by atoms with Gasteiger partial charge in [-0.1, -0.05) is 25.1 Å². The second-order valence-electron chi connectivity index (χ2n) is 5.65. The van der Waals surface area contributed by atoms with Crippen molar-refractivity contribution in [1.29, 1.82) is 0 Å². The van der Waals surface area contributed by atoms with Crippen LogP contribution in [0.5, 0.6) is 0 Å². The van der Waals surface area contributed by atoms with Crippen molar-refractivity contribution in [1.82, 2.24) is 4.90 Å². The summed E-state index contributed by atoms with van der Waals surface area (Å²) in [4.78, 5) is 2.48.